The highest BCUT2D eigenvalue weighted by Gasteiger charge is 2.15. The minimum atomic E-state index is -1.11. The van der Waals surface area contributed by atoms with E-state index in [2.05, 4.69) is 10.1 Å². The summed E-state index contributed by atoms with van der Waals surface area (Å²) in [6.45, 7) is 0. The molecule has 102 valence electrons. The third-order valence-electron chi connectivity index (χ3n) is 3.04. The van der Waals surface area contributed by atoms with Crippen molar-refractivity contribution in [2.75, 3.05) is 5.73 Å². The standard InChI is InChI=1S/C14H9N5O2/c15-7-8-1-3-9(4-2-8)10-5-6-11(13(20)21)19-12(10)17-14(16)18-19/h1-6H,(H2,16,18)(H,20,21). The van der Waals surface area contributed by atoms with Crippen molar-refractivity contribution in [1.29, 1.82) is 5.26 Å². The van der Waals surface area contributed by atoms with Crippen molar-refractivity contribution in [3.63, 3.8) is 0 Å². The predicted octanol–water partition coefficient (Wildman–Crippen LogP) is 1.55. The molecular formula is C14H9N5O2. The fourth-order valence-corrected chi connectivity index (χ4v) is 2.09. The van der Waals surface area contributed by atoms with Crippen LogP contribution in [0.25, 0.3) is 16.8 Å². The van der Waals surface area contributed by atoms with Crippen LogP contribution in [0.4, 0.5) is 5.95 Å². The lowest BCUT2D eigenvalue weighted by Gasteiger charge is -2.05. The minimum Gasteiger partial charge on any atom is -0.477 e. The Labute approximate surface area is 118 Å². The van der Waals surface area contributed by atoms with Gasteiger partial charge >= 0.3 is 5.97 Å². The van der Waals surface area contributed by atoms with E-state index in [-0.39, 0.29) is 11.6 Å². The molecule has 2 heterocycles. The van der Waals surface area contributed by atoms with Gasteiger partial charge in [-0.3, -0.25) is 0 Å². The van der Waals surface area contributed by atoms with E-state index in [1.165, 1.54) is 10.6 Å². The summed E-state index contributed by atoms with van der Waals surface area (Å²) in [7, 11) is 0. The summed E-state index contributed by atoms with van der Waals surface area (Å²) in [6, 6.07) is 12.0. The number of hydrogen-bond donors (Lipinski definition) is 2. The number of carboxylic acid groups (broad SMARTS) is 1. The number of rotatable bonds is 2. The van der Waals surface area contributed by atoms with Gasteiger partial charge < -0.3 is 10.8 Å². The molecule has 0 saturated heterocycles. The van der Waals surface area contributed by atoms with Crippen molar-refractivity contribution in [1.82, 2.24) is 14.6 Å². The molecule has 0 saturated carbocycles. The molecule has 0 unspecified atom stereocenters. The highest BCUT2D eigenvalue weighted by atomic mass is 16.4. The van der Waals surface area contributed by atoms with E-state index in [9.17, 15) is 4.79 Å². The molecule has 0 spiro atoms. The first-order chi connectivity index (χ1) is 10.1. The Kier molecular flexibility index (Phi) is 2.77. The zero-order valence-corrected chi connectivity index (χ0v) is 10.7. The summed E-state index contributed by atoms with van der Waals surface area (Å²) in [6.07, 6.45) is 0. The third kappa shape index (κ3) is 2.04. The van der Waals surface area contributed by atoms with E-state index in [1.54, 1.807) is 30.3 Å². The van der Waals surface area contributed by atoms with Gasteiger partial charge in [0.15, 0.2) is 11.3 Å². The Balaban J connectivity index is 2.26. The van der Waals surface area contributed by atoms with E-state index < -0.39 is 5.97 Å². The van der Waals surface area contributed by atoms with Gasteiger partial charge in [0, 0.05) is 5.56 Å². The molecule has 0 atom stereocenters. The topological polar surface area (TPSA) is 117 Å². The lowest BCUT2D eigenvalue weighted by molar-refractivity contribution is 0.0687. The highest BCUT2D eigenvalue weighted by Crippen LogP contribution is 2.25. The van der Waals surface area contributed by atoms with E-state index in [1.807, 2.05) is 6.07 Å². The van der Waals surface area contributed by atoms with Crippen molar-refractivity contribution in [2.45, 2.75) is 0 Å². The molecule has 0 amide bonds. The molecule has 0 aliphatic rings. The van der Waals surface area contributed by atoms with Gasteiger partial charge in [-0.2, -0.15) is 10.2 Å². The summed E-state index contributed by atoms with van der Waals surface area (Å²) < 4.78 is 1.20. The van der Waals surface area contributed by atoms with Crippen LogP contribution in [0, 0.1) is 11.3 Å². The average Bonchev–Trinajstić information content (AvgIpc) is 2.87. The van der Waals surface area contributed by atoms with Crippen LogP contribution in [0.2, 0.25) is 0 Å². The van der Waals surface area contributed by atoms with E-state index in [4.69, 9.17) is 16.1 Å². The number of fused-ring (bicyclic) bond motifs is 1. The van der Waals surface area contributed by atoms with Crippen LogP contribution in [0.1, 0.15) is 16.1 Å². The molecule has 1 aromatic carbocycles. The zero-order valence-electron chi connectivity index (χ0n) is 10.7. The number of nitrogens with two attached hydrogens (primary N) is 1. The van der Waals surface area contributed by atoms with Crippen molar-refractivity contribution < 1.29 is 9.90 Å². The molecule has 21 heavy (non-hydrogen) atoms. The van der Waals surface area contributed by atoms with Crippen LogP contribution in [0.3, 0.4) is 0 Å². The van der Waals surface area contributed by atoms with E-state index in [0.29, 0.717) is 16.8 Å². The number of benzene rings is 1. The van der Waals surface area contributed by atoms with Crippen LogP contribution in [0.5, 0.6) is 0 Å². The maximum atomic E-state index is 11.2. The molecule has 7 nitrogen and oxygen atoms in total. The number of nitrogen functional groups attached to an aromatic ring is 1. The second kappa shape index (κ2) is 4.61. The number of anilines is 1. The molecule has 0 aliphatic carbocycles. The van der Waals surface area contributed by atoms with Crippen LogP contribution in [-0.2, 0) is 0 Å². The van der Waals surface area contributed by atoms with Crippen LogP contribution < -0.4 is 5.73 Å². The molecule has 2 aromatic heterocycles. The molecule has 0 bridgehead atoms. The molecule has 0 fully saturated rings. The Morgan fingerprint density at radius 1 is 1.24 bits per heavy atom. The average molecular weight is 279 g/mol. The molecule has 3 aromatic rings. The Morgan fingerprint density at radius 3 is 2.57 bits per heavy atom. The second-order valence-electron chi connectivity index (χ2n) is 4.33. The number of hydrogen-bond acceptors (Lipinski definition) is 5. The smallest absolute Gasteiger partial charge is 0.354 e. The van der Waals surface area contributed by atoms with Crippen LogP contribution in [0.15, 0.2) is 36.4 Å². The van der Waals surface area contributed by atoms with Gasteiger partial charge in [-0.15, -0.1) is 5.10 Å². The van der Waals surface area contributed by atoms with Gasteiger partial charge in [-0.05, 0) is 29.8 Å². The second-order valence-corrected chi connectivity index (χ2v) is 4.33. The summed E-state index contributed by atoms with van der Waals surface area (Å²) >= 11 is 0. The lowest BCUT2D eigenvalue weighted by Crippen LogP contribution is -2.07. The number of aromatic nitrogens is 3. The summed E-state index contributed by atoms with van der Waals surface area (Å²) in [5.41, 5.74) is 7.93. The fraction of sp³-hybridized carbons (Fsp3) is 0. The predicted molar refractivity (Wildman–Crippen MR) is 74.5 cm³/mol. The molecule has 3 rings (SSSR count). The molecule has 7 heteroatoms. The zero-order chi connectivity index (χ0) is 15.0. The van der Waals surface area contributed by atoms with Crippen molar-refractivity contribution in [2.24, 2.45) is 0 Å². The molecule has 3 N–H and O–H groups in total. The SMILES string of the molecule is N#Cc1ccc(-c2ccc(C(=O)O)n3nc(N)nc23)cc1. The molecular weight excluding hydrogens is 270 g/mol. The largest absolute Gasteiger partial charge is 0.477 e. The number of nitrogens with zero attached hydrogens (tertiary/aromatic N) is 4. The molecule has 0 radical (unpaired) electrons. The maximum absolute atomic E-state index is 11.2. The number of carbonyl (C=O) groups is 1. The van der Waals surface area contributed by atoms with Crippen molar-refractivity contribution in [3.05, 3.63) is 47.7 Å². The first kappa shape index (κ1) is 12.6. The van der Waals surface area contributed by atoms with Gasteiger partial charge in [-0.25, -0.2) is 9.31 Å². The van der Waals surface area contributed by atoms with Gasteiger partial charge in [0.05, 0.1) is 11.6 Å². The quantitative estimate of drug-likeness (QED) is 0.734. The summed E-state index contributed by atoms with van der Waals surface area (Å²) in [4.78, 5) is 15.3. The van der Waals surface area contributed by atoms with Crippen LogP contribution in [-0.4, -0.2) is 25.7 Å². The van der Waals surface area contributed by atoms with E-state index >= 15 is 0 Å². The summed E-state index contributed by atoms with van der Waals surface area (Å²) in [5, 5.41) is 21.9. The summed E-state index contributed by atoms with van der Waals surface area (Å²) in [5.74, 6) is -1.12. The minimum absolute atomic E-state index is 0.00130. The molecule has 0 aliphatic heterocycles. The number of carboxylic acids is 1. The maximum Gasteiger partial charge on any atom is 0.354 e. The number of nitriles is 1. The number of aromatic carboxylic acids is 1. The number of pyridine rings is 1. The van der Waals surface area contributed by atoms with Gasteiger partial charge in [0.25, 0.3) is 0 Å². The van der Waals surface area contributed by atoms with Crippen LogP contribution >= 0.6 is 0 Å². The Morgan fingerprint density at radius 2 is 1.95 bits per heavy atom. The van der Waals surface area contributed by atoms with Gasteiger partial charge in [0.1, 0.15) is 0 Å². The van der Waals surface area contributed by atoms with Crippen molar-refractivity contribution >= 4 is 17.6 Å². The first-order valence-corrected chi connectivity index (χ1v) is 5.99. The third-order valence-corrected chi connectivity index (χ3v) is 3.04. The first-order valence-electron chi connectivity index (χ1n) is 5.99. The van der Waals surface area contributed by atoms with Gasteiger partial charge in [-0.1, -0.05) is 12.1 Å². The highest BCUT2D eigenvalue weighted by molar-refractivity contribution is 5.89. The van der Waals surface area contributed by atoms with E-state index in [0.717, 1.165) is 5.56 Å². The fourth-order valence-electron chi connectivity index (χ4n) is 2.09. The van der Waals surface area contributed by atoms with Gasteiger partial charge in [0.2, 0.25) is 5.95 Å². The monoisotopic (exact) mass is 279 g/mol. The lowest BCUT2D eigenvalue weighted by atomic mass is 10.0. The van der Waals surface area contributed by atoms with Crippen molar-refractivity contribution in [3.8, 4) is 17.2 Å². The normalized spacial score (nSPS) is 10.4. The Bertz CT molecular complexity index is 890. The Hall–Kier alpha value is -3.40.